The van der Waals surface area contributed by atoms with E-state index in [1.54, 1.807) is 25.3 Å². The van der Waals surface area contributed by atoms with Crippen LogP contribution in [0.4, 0.5) is 4.39 Å². The fourth-order valence-corrected chi connectivity index (χ4v) is 4.02. The van der Waals surface area contributed by atoms with Crippen molar-refractivity contribution in [3.8, 4) is 0 Å². The highest BCUT2D eigenvalue weighted by Crippen LogP contribution is 2.36. The molecule has 0 aliphatic heterocycles. The molecular weight excluding hydrogens is 369 g/mol. The molecule has 1 aromatic carbocycles. The number of nitrogens with one attached hydrogen (secondary N) is 2. The van der Waals surface area contributed by atoms with Crippen LogP contribution in [0.3, 0.4) is 0 Å². The number of rotatable bonds is 7. The predicted molar refractivity (Wildman–Crippen MR) is 109 cm³/mol. The Hall–Kier alpha value is -2.76. The molecular formula is C23H28FN3O2. The summed E-state index contributed by atoms with van der Waals surface area (Å²) in [6.07, 6.45) is 5.94. The number of carbonyl (C=O) groups is 2. The minimum atomic E-state index is -0.309. The fourth-order valence-electron chi connectivity index (χ4n) is 4.02. The average molecular weight is 397 g/mol. The molecule has 6 heteroatoms. The number of nitrogens with zero attached hydrogens (tertiary/aromatic N) is 1. The van der Waals surface area contributed by atoms with E-state index in [2.05, 4.69) is 15.6 Å². The van der Waals surface area contributed by atoms with Gasteiger partial charge in [-0.2, -0.15) is 0 Å². The van der Waals surface area contributed by atoms with Crippen molar-refractivity contribution in [2.75, 3.05) is 6.54 Å². The molecule has 2 aromatic rings. The largest absolute Gasteiger partial charge is 0.356 e. The summed E-state index contributed by atoms with van der Waals surface area (Å²) in [5.74, 6) is 0.390. The highest BCUT2D eigenvalue weighted by Gasteiger charge is 2.30. The molecule has 2 amide bonds. The second kappa shape index (κ2) is 10.1. The van der Waals surface area contributed by atoms with Crippen LogP contribution in [0.25, 0.3) is 0 Å². The molecule has 1 aliphatic rings. The van der Waals surface area contributed by atoms with E-state index in [0.717, 1.165) is 36.9 Å². The summed E-state index contributed by atoms with van der Waals surface area (Å²) in [5, 5.41) is 6.07. The quantitative estimate of drug-likeness (QED) is 0.750. The van der Waals surface area contributed by atoms with Crippen molar-refractivity contribution in [3.63, 3.8) is 0 Å². The molecule has 0 radical (unpaired) electrons. The van der Waals surface area contributed by atoms with Gasteiger partial charge in [0.2, 0.25) is 11.8 Å². The molecule has 0 saturated heterocycles. The van der Waals surface area contributed by atoms with Gasteiger partial charge in [0.25, 0.3) is 0 Å². The Morgan fingerprint density at radius 3 is 2.45 bits per heavy atom. The first-order valence-corrected chi connectivity index (χ1v) is 10.2. The number of hydrogen-bond acceptors (Lipinski definition) is 3. The molecule has 1 aliphatic carbocycles. The maximum atomic E-state index is 13.1. The Morgan fingerprint density at radius 1 is 1.10 bits per heavy atom. The van der Waals surface area contributed by atoms with E-state index >= 15 is 0 Å². The predicted octanol–water partition coefficient (Wildman–Crippen LogP) is 3.56. The Labute approximate surface area is 171 Å². The third-order valence-corrected chi connectivity index (χ3v) is 5.60. The van der Waals surface area contributed by atoms with E-state index in [1.165, 1.54) is 12.1 Å². The van der Waals surface area contributed by atoms with Crippen molar-refractivity contribution in [1.29, 1.82) is 0 Å². The number of amides is 2. The third-order valence-electron chi connectivity index (χ3n) is 5.60. The van der Waals surface area contributed by atoms with Crippen LogP contribution in [-0.4, -0.2) is 23.3 Å². The summed E-state index contributed by atoms with van der Waals surface area (Å²) >= 11 is 0. The molecule has 0 bridgehead atoms. The van der Waals surface area contributed by atoms with Crippen LogP contribution in [0.5, 0.6) is 0 Å². The van der Waals surface area contributed by atoms with E-state index < -0.39 is 0 Å². The number of halogens is 1. The maximum absolute atomic E-state index is 13.1. The van der Waals surface area contributed by atoms with Gasteiger partial charge < -0.3 is 10.6 Å². The molecule has 1 fully saturated rings. The number of aromatic nitrogens is 1. The van der Waals surface area contributed by atoms with E-state index in [9.17, 15) is 14.0 Å². The molecule has 29 heavy (non-hydrogen) atoms. The van der Waals surface area contributed by atoms with E-state index in [1.807, 2.05) is 18.2 Å². The van der Waals surface area contributed by atoms with Gasteiger partial charge in [0.05, 0.1) is 18.2 Å². The molecule has 0 unspecified atom stereocenters. The Kier molecular flexibility index (Phi) is 7.33. The van der Waals surface area contributed by atoms with Gasteiger partial charge in [-0.3, -0.25) is 14.6 Å². The highest BCUT2D eigenvalue weighted by molar-refractivity contribution is 5.79. The van der Waals surface area contributed by atoms with Crippen LogP contribution >= 0.6 is 0 Å². The lowest BCUT2D eigenvalue weighted by atomic mass is 9.77. The van der Waals surface area contributed by atoms with E-state index in [4.69, 9.17) is 0 Å². The van der Waals surface area contributed by atoms with Crippen molar-refractivity contribution in [2.45, 2.75) is 45.1 Å². The molecule has 5 nitrogen and oxygen atoms in total. The first-order valence-electron chi connectivity index (χ1n) is 10.2. The Balaban J connectivity index is 1.63. The van der Waals surface area contributed by atoms with Crippen LogP contribution in [0.1, 0.15) is 49.9 Å². The average Bonchev–Trinajstić information content (AvgIpc) is 2.73. The van der Waals surface area contributed by atoms with Crippen LogP contribution in [-0.2, 0) is 16.0 Å². The third kappa shape index (κ3) is 6.38. The topological polar surface area (TPSA) is 71.1 Å². The molecule has 1 heterocycles. The Morgan fingerprint density at radius 2 is 1.83 bits per heavy atom. The molecule has 1 saturated carbocycles. The lowest BCUT2D eigenvalue weighted by Gasteiger charge is -2.34. The van der Waals surface area contributed by atoms with Crippen molar-refractivity contribution in [1.82, 2.24) is 15.6 Å². The van der Waals surface area contributed by atoms with Crippen molar-refractivity contribution in [2.24, 2.45) is 11.8 Å². The normalized spacial score (nSPS) is 19.9. The smallest absolute Gasteiger partial charge is 0.224 e. The molecule has 1 atom stereocenters. The molecule has 0 spiro atoms. The van der Waals surface area contributed by atoms with Gasteiger partial charge in [0.1, 0.15) is 5.82 Å². The summed E-state index contributed by atoms with van der Waals surface area (Å²) in [7, 11) is 0. The van der Waals surface area contributed by atoms with Crippen LogP contribution in [0, 0.1) is 17.7 Å². The zero-order valence-corrected chi connectivity index (χ0v) is 16.7. The van der Waals surface area contributed by atoms with Gasteiger partial charge >= 0.3 is 0 Å². The summed E-state index contributed by atoms with van der Waals surface area (Å²) in [5.41, 5.74) is 1.65. The lowest BCUT2D eigenvalue weighted by molar-refractivity contribution is -0.122. The minimum absolute atomic E-state index is 0.00606. The van der Waals surface area contributed by atoms with Crippen LogP contribution in [0.15, 0.2) is 48.7 Å². The lowest BCUT2D eigenvalue weighted by Crippen LogP contribution is -2.37. The van der Waals surface area contributed by atoms with Gasteiger partial charge in [-0.25, -0.2) is 4.39 Å². The zero-order valence-electron chi connectivity index (χ0n) is 16.7. The summed E-state index contributed by atoms with van der Waals surface area (Å²) in [4.78, 5) is 28.3. The Bertz CT molecular complexity index is 803. The van der Waals surface area contributed by atoms with Crippen LogP contribution < -0.4 is 10.6 Å². The van der Waals surface area contributed by atoms with Crippen LogP contribution in [0.2, 0.25) is 0 Å². The number of hydrogen-bond donors (Lipinski definition) is 2. The van der Waals surface area contributed by atoms with Gasteiger partial charge in [-0.1, -0.05) is 18.2 Å². The maximum Gasteiger partial charge on any atom is 0.224 e. The van der Waals surface area contributed by atoms with Crippen molar-refractivity contribution < 1.29 is 14.0 Å². The summed E-state index contributed by atoms with van der Waals surface area (Å²) in [6, 6.07) is 11.6. The van der Waals surface area contributed by atoms with Crippen molar-refractivity contribution in [3.05, 3.63) is 65.7 Å². The summed E-state index contributed by atoms with van der Waals surface area (Å²) < 4.78 is 13.1. The molecule has 2 N–H and O–H groups in total. The van der Waals surface area contributed by atoms with E-state index in [0.29, 0.717) is 18.4 Å². The first-order chi connectivity index (χ1) is 14.0. The summed E-state index contributed by atoms with van der Waals surface area (Å²) in [6.45, 7) is 2.26. The monoisotopic (exact) mass is 397 g/mol. The van der Waals surface area contributed by atoms with Gasteiger partial charge in [-0.15, -0.1) is 0 Å². The highest BCUT2D eigenvalue weighted by atomic mass is 19.1. The number of benzene rings is 1. The second-order valence-corrected chi connectivity index (χ2v) is 7.82. The SMILES string of the molecule is CC(=O)NCC1CCC([C@H](NC(=O)Cc2ccc(F)cc2)c2ccccn2)CC1. The zero-order chi connectivity index (χ0) is 20.6. The molecule has 3 rings (SSSR count). The van der Waals surface area contributed by atoms with Gasteiger partial charge in [0, 0.05) is 19.7 Å². The van der Waals surface area contributed by atoms with Crippen molar-refractivity contribution >= 4 is 11.8 Å². The first kappa shape index (κ1) is 21.0. The number of pyridine rings is 1. The van der Waals surface area contributed by atoms with Gasteiger partial charge in [-0.05, 0) is 67.3 Å². The second-order valence-electron chi connectivity index (χ2n) is 7.82. The molecule has 1 aromatic heterocycles. The minimum Gasteiger partial charge on any atom is -0.356 e. The number of carbonyl (C=O) groups excluding carboxylic acids is 2. The molecule has 154 valence electrons. The van der Waals surface area contributed by atoms with Gasteiger partial charge in [0.15, 0.2) is 0 Å². The van der Waals surface area contributed by atoms with E-state index in [-0.39, 0.29) is 30.1 Å². The fraction of sp³-hybridized carbons (Fsp3) is 0.435. The standard InChI is InChI=1S/C23H28FN3O2/c1-16(28)26-15-18-5-9-19(10-6-18)23(21-4-2-3-13-25-21)27-22(29)14-17-7-11-20(24)12-8-17/h2-4,7-8,11-13,18-19,23H,5-6,9-10,14-15H2,1H3,(H,26,28)(H,27,29)/t18?,19?,23-/m0/s1.